The molecule has 0 aliphatic heterocycles. The van der Waals surface area contributed by atoms with Crippen molar-refractivity contribution in [1.29, 1.82) is 0 Å². The Morgan fingerprint density at radius 2 is 0.750 bits per heavy atom. The first-order chi connectivity index (χ1) is 7.24. The maximum atomic E-state index is 2.27. The van der Waals surface area contributed by atoms with Gasteiger partial charge in [0.2, 0.25) is 0 Å². The maximum Gasteiger partial charge on any atom is 0.0757 e. The predicted molar refractivity (Wildman–Crippen MR) is 68.9 cm³/mol. The van der Waals surface area contributed by atoms with Crippen molar-refractivity contribution in [2.45, 2.75) is 27.7 Å². The summed E-state index contributed by atoms with van der Waals surface area (Å²) in [5, 5.41) is 0. The first-order valence-electron chi connectivity index (χ1n) is 6.09. The van der Waals surface area contributed by atoms with E-state index in [1.807, 2.05) is 36.4 Å². The van der Waals surface area contributed by atoms with Gasteiger partial charge in [0.05, 0.1) is 26.2 Å². The molecule has 94 valence electrons. The zero-order valence-electron chi connectivity index (χ0n) is 11.1. The summed E-state index contributed by atoms with van der Waals surface area (Å²) in [7, 11) is 0. The molecule has 0 aliphatic rings. The number of halogens is 1. The molecule has 0 heterocycles. The van der Waals surface area contributed by atoms with Crippen LogP contribution in [0.25, 0.3) is 0 Å². The molecule has 0 bridgehead atoms. The van der Waals surface area contributed by atoms with Gasteiger partial charge in [0.25, 0.3) is 0 Å². The Balaban J connectivity index is 0. The Kier molecular flexibility index (Phi) is 12.6. The van der Waals surface area contributed by atoms with Crippen LogP contribution in [-0.4, -0.2) is 30.7 Å². The van der Waals surface area contributed by atoms with Crippen LogP contribution in [0.5, 0.6) is 0 Å². The zero-order valence-corrected chi connectivity index (χ0v) is 12.7. The Morgan fingerprint density at radius 1 is 0.562 bits per heavy atom. The lowest BCUT2D eigenvalue weighted by atomic mass is 10.3. The van der Waals surface area contributed by atoms with Gasteiger partial charge in [-0.05, 0) is 27.7 Å². The van der Waals surface area contributed by atoms with Crippen molar-refractivity contribution in [2.75, 3.05) is 26.2 Å². The molecule has 0 aromatic heterocycles. The van der Waals surface area contributed by atoms with Gasteiger partial charge in [-0.15, -0.1) is 0 Å². The van der Waals surface area contributed by atoms with Gasteiger partial charge < -0.3 is 21.5 Å². The molecule has 2 heteroatoms. The molecular formula is C14H26BrN. The fraction of sp³-hybridized carbons (Fsp3) is 0.571. The maximum absolute atomic E-state index is 2.27. The summed E-state index contributed by atoms with van der Waals surface area (Å²) < 4.78 is 1.28. The molecule has 0 unspecified atom stereocenters. The van der Waals surface area contributed by atoms with Crippen LogP contribution in [0.15, 0.2) is 36.4 Å². The zero-order chi connectivity index (χ0) is 11.6. The van der Waals surface area contributed by atoms with E-state index < -0.39 is 0 Å². The Bertz CT molecular complexity index is 175. The molecule has 0 atom stereocenters. The van der Waals surface area contributed by atoms with Crippen molar-refractivity contribution < 1.29 is 21.5 Å². The van der Waals surface area contributed by atoms with E-state index in [2.05, 4.69) is 27.7 Å². The average molecular weight is 288 g/mol. The molecule has 0 spiro atoms. The normalized spacial score (nSPS) is 9.75. The molecule has 0 saturated heterocycles. The van der Waals surface area contributed by atoms with E-state index >= 15 is 0 Å². The Morgan fingerprint density at radius 3 is 0.812 bits per heavy atom. The molecule has 0 N–H and O–H groups in total. The third-order valence-corrected chi connectivity index (χ3v) is 3.35. The van der Waals surface area contributed by atoms with Crippen LogP contribution in [0.3, 0.4) is 0 Å². The summed E-state index contributed by atoms with van der Waals surface area (Å²) in [6, 6.07) is 12.0. The minimum atomic E-state index is 0. The van der Waals surface area contributed by atoms with Crippen molar-refractivity contribution in [2.24, 2.45) is 0 Å². The second-order valence-corrected chi connectivity index (χ2v) is 3.76. The van der Waals surface area contributed by atoms with Gasteiger partial charge in [-0.1, -0.05) is 36.4 Å². The SMILES string of the molecule is CC[N+](CC)(CC)CC.[Br-].c1ccccc1. The van der Waals surface area contributed by atoms with Gasteiger partial charge in [0.15, 0.2) is 0 Å². The third-order valence-electron chi connectivity index (χ3n) is 3.35. The van der Waals surface area contributed by atoms with Crippen LogP contribution < -0.4 is 17.0 Å². The molecule has 0 amide bonds. The van der Waals surface area contributed by atoms with E-state index in [-0.39, 0.29) is 17.0 Å². The Labute approximate surface area is 112 Å². The third kappa shape index (κ3) is 7.02. The van der Waals surface area contributed by atoms with Crippen molar-refractivity contribution in [1.82, 2.24) is 0 Å². The lowest BCUT2D eigenvalue weighted by molar-refractivity contribution is -0.921. The molecule has 0 aliphatic carbocycles. The van der Waals surface area contributed by atoms with Gasteiger partial charge in [-0.2, -0.15) is 0 Å². The number of benzene rings is 1. The molecule has 0 saturated carbocycles. The topological polar surface area (TPSA) is 0 Å². The van der Waals surface area contributed by atoms with Crippen LogP contribution in [-0.2, 0) is 0 Å². The molecule has 1 aromatic rings. The van der Waals surface area contributed by atoms with Gasteiger partial charge >= 0.3 is 0 Å². The number of hydrogen-bond acceptors (Lipinski definition) is 0. The lowest BCUT2D eigenvalue weighted by Crippen LogP contribution is -3.00. The number of nitrogens with zero attached hydrogens (tertiary/aromatic N) is 1. The van der Waals surface area contributed by atoms with Crippen molar-refractivity contribution >= 4 is 0 Å². The molecule has 1 rings (SSSR count). The minimum Gasteiger partial charge on any atom is -1.00 e. The fourth-order valence-electron chi connectivity index (χ4n) is 1.73. The molecule has 0 radical (unpaired) electrons. The van der Waals surface area contributed by atoms with Gasteiger partial charge in [0.1, 0.15) is 0 Å². The molecule has 1 aromatic carbocycles. The number of rotatable bonds is 4. The van der Waals surface area contributed by atoms with E-state index in [1.54, 1.807) is 0 Å². The van der Waals surface area contributed by atoms with Crippen LogP contribution >= 0.6 is 0 Å². The highest BCUT2D eigenvalue weighted by Crippen LogP contribution is 2.03. The summed E-state index contributed by atoms with van der Waals surface area (Å²) in [6.45, 7) is 14.2. The van der Waals surface area contributed by atoms with E-state index in [1.165, 1.54) is 30.7 Å². The highest BCUT2D eigenvalue weighted by molar-refractivity contribution is 4.99. The first-order valence-corrected chi connectivity index (χ1v) is 6.09. The highest BCUT2D eigenvalue weighted by Gasteiger charge is 2.16. The number of hydrogen-bond donors (Lipinski definition) is 0. The van der Waals surface area contributed by atoms with Gasteiger partial charge in [-0.25, -0.2) is 0 Å². The second-order valence-electron chi connectivity index (χ2n) is 3.76. The van der Waals surface area contributed by atoms with Gasteiger partial charge in [-0.3, -0.25) is 0 Å². The van der Waals surface area contributed by atoms with Crippen LogP contribution in [0.2, 0.25) is 0 Å². The van der Waals surface area contributed by atoms with E-state index in [0.29, 0.717) is 0 Å². The van der Waals surface area contributed by atoms with Crippen molar-refractivity contribution in [3.05, 3.63) is 36.4 Å². The fourth-order valence-corrected chi connectivity index (χ4v) is 1.73. The van der Waals surface area contributed by atoms with E-state index in [9.17, 15) is 0 Å². The lowest BCUT2D eigenvalue weighted by Gasteiger charge is -2.34. The first kappa shape index (κ1) is 18.0. The monoisotopic (exact) mass is 287 g/mol. The molecule has 16 heavy (non-hydrogen) atoms. The molecular weight excluding hydrogens is 262 g/mol. The summed E-state index contributed by atoms with van der Waals surface area (Å²) in [4.78, 5) is 0. The predicted octanol–water partition coefficient (Wildman–Crippen LogP) is 0.573. The van der Waals surface area contributed by atoms with Crippen molar-refractivity contribution in [3.63, 3.8) is 0 Å². The highest BCUT2D eigenvalue weighted by atomic mass is 79.9. The number of quaternary nitrogens is 1. The van der Waals surface area contributed by atoms with Crippen LogP contribution in [0, 0.1) is 0 Å². The second kappa shape index (κ2) is 11.2. The summed E-state index contributed by atoms with van der Waals surface area (Å²) >= 11 is 0. The quantitative estimate of drug-likeness (QED) is 0.711. The Hall–Kier alpha value is -0.340. The standard InChI is InChI=1S/C8H20N.C6H6.BrH/c1-5-9(6-2,7-3)8-4;1-2-4-6-5-3-1;/h5-8H2,1-4H3;1-6H;1H/q+1;;/p-1. The van der Waals surface area contributed by atoms with Crippen LogP contribution in [0.4, 0.5) is 0 Å². The summed E-state index contributed by atoms with van der Waals surface area (Å²) in [5.41, 5.74) is 0. The largest absolute Gasteiger partial charge is 1.00 e. The molecule has 0 fully saturated rings. The summed E-state index contributed by atoms with van der Waals surface area (Å²) in [5.74, 6) is 0. The van der Waals surface area contributed by atoms with Gasteiger partial charge in [0, 0.05) is 0 Å². The van der Waals surface area contributed by atoms with E-state index in [4.69, 9.17) is 0 Å². The molecule has 1 nitrogen and oxygen atoms in total. The smallest absolute Gasteiger partial charge is 0.0757 e. The average Bonchev–Trinajstić information content (AvgIpc) is 2.36. The summed E-state index contributed by atoms with van der Waals surface area (Å²) in [6.07, 6.45) is 0. The van der Waals surface area contributed by atoms with Crippen molar-refractivity contribution in [3.8, 4) is 0 Å². The van der Waals surface area contributed by atoms with E-state index in [0.717, 1.165) is 0 Å². The van der Waals surface area contributed by atoms with Crippen LogP contribution in [0.1, 0.15) is 27.7 Å². The minimum absolute atomic E-state index is 0.